The van der Waals surface area contributed by atoms with Crippen LogP contribution in [0.4, 0.5) is 0 Å². The van der Waals surface area contributed by atoms with Gasteiger partial charge in [-0.3, -0.25) is 9.78 Å². The number of thioether (sulfide) groups is 2. The fourth-order valence-corrected chi connectivity index (χ4v) is 2.49. The van der Waals surface area contributed by atoms with Gasteiger partial charge in [-0.1, -0.05) is 18.7 Å². The van der Waals surface area contributed by atoms with Gasteiger partial charge in [-0.05, 0) is 17.9 Å². The van der Waals surface area contributed by atoms with E-state index >= 15 is 0 Å². The minimum atomic E-state index is 0.143. The van der Waals surface area contributed by atoms with Crippen LogP contribution in [0.25, 0.3) is 0 Å². The summed E-state index contributed by atoms with van der Waals surface area (Å²) in [4.78, 5) is 15.4. The van der Waals surface area contributed by atoms with Crippen molar-refractivity contribution in [2.24, 2.45) is 0 Å². The molecule has 1 heterocycles. The molecule has 1 aromatic heterocycles. The third-order valence-electron chi connectivity index (χ3n) is 1.58. The van der Waals surface area contributed by atoms with E-state index in [1.165, 1.54) is 11.8 Å². The normalized spacial score (nSPS) is 10.1. The molecule has 0 aliphatic carbocycles. The Morgan fingerprint density at radius 3 is 2.71 bits per heavy atom. The molecule has 0 bridgehead atoms. The quantitative estimate of drug-likeness (QED) is 0.723. The predicted molar refractivity (Wildman–Crippen MR) is 64.0 cm³/mol. The van der Waals surface area contributed by atoms with Gasteiger partial charge in [0.25, 0.3) is 0 Å². The number of carbonyl (C=O) groups is 1. The molecule has 14 heavy (non-hydrogen) atoms. The lowest BCUT2D eigenvalue weighted by Crippen LogP contribution is -1.96. The zero-order valence-electron chi connectivity index (χ0n) is 8.10. The average Bonchev–Trinajstić information content (AvgIpc) is 2.25. The molecule has 0 atom stereocenters. The van der Waals surface area contributed by atoms with E-state index in [-0.39, 0.29) is 5.12 Å². The number of pyridine rings is 1. The van der Waals surface area contributed by atoms with Gasteiger partial charge in [-0.25, -0.2) is 0 Å². The van der Waals surface area contributed by atoms with Crippen molar-refractivity contribution in [3.05, 3.63) is 30.1 Å². The summed E-state index contributed by atoms with van der Waals surface area (Å²) in [6.07, 6.45) is 3.29. The van der Waals surface area contributed by atoms with E-state index in [0.717, 1.165) is 22.8 Å². The fraction of sp³-hybridized carbons (Fsp3) is 0.400. The van der Waals surface area contributed by atoms with Gasteiger partial charge in [-0.15, -0.1) is 0 Å². The highest BCUT2D eigenvalue weighted by Gasteiger charge is 2.04. The van der Waals surface area contributed by atoms with E-state index in [9.17, 15) is 4.79 Å². The van der Waals surface area contributed by atoms with Crippen molar-refractivity contribution in [3.63, 3.8) is 0 Å². The van der Waals surface area contributed by atoms with E-state index < -0.39 is 0 Å². The number of aromatic nitrogens is 1. The molecule has 0 unspecified atom stereocenters. The molecule has 0 aliphatic heterocycles. The summed E-state index contributed by atoms with van der Waals surface area (Å²) in [6, 6.07) is 3.50. The van der Waals surface area contributed by atoms with Crippen molar-refractivity contribution in [2.75, 3.05) is 17.3 Å². The Hall–Kier alpha value is -0.480. The van der Waals surface area contributed by atoms with E-state index in [0.29, 0.717) is 0 Å². The molecule has 0 N–H and O–H groups in total. The Balaban J connectivity index is 2.29. The summed E-state index contributed by atoms with van der Waals surface area (Å²) in [5, 5.41) is 0.143. The van der Waals surface area contributed by atoms with Gasteiger partial charge in [0.15, 0.2) is 0 Å². The molecule has 4 heteroatoms. The third kappa shape index (κ3) is 4.15. The first-order valence-electron chi connectivity index (χ1n) is 4.49. The first kappa shape index (κ1) is 11.6. The van der Waals surface area contributed by atoms with Crippen LogP contribution in [-0.4, -0.2) is 27.4 Å². The molecule has 2 nitrogen and oxygen atoms in total. The van der Waals surface area contributed by atoms with Gasteiger partial charge in [-0.2, -0.15) is 11.8 Å². The lowest BCUT2D eigenvalue weighted by atomic mass is 10.3. The van der Waals surface area contributed by atoms with Crippen molar-refractivity contribution < 1.29 is 4.79 Å². The van der Waals surface area contributed by atoms with Crippen LogP contribution in [0.15, 0.2) is 24.5 Å². The highest BCUT2D eigenvalue weighted by atomic mass is 32.2. The summed E-state index contributed by atoms with van der Waals surface area (Å²) in [5.74, 6) is 3.04. The van der Waals surface area contributed by atoms with Crippen molar-refractivity contribution >= 4 is 28.6 Å². The maximum atomic E-state index is 11.5. The summed E-state index contributed by atoms with van der Waals surface area (Å²) in [5.41, 5.74) is 0.742. The molecule has 1 aromatic rings. The standard InChI is InChI=1S/C10H13NOS2/c1-2-13-7-8-14-10(12)9-3-5-11-6-4-9/h3-6H,2,7-8H2,1H3. The van der Waals surface area contributed by atoms with Crippen LogP contribution in [0.3, 0.4) is 0 Å². The first-order chi connectivity index (χ1) is 6.84. The molecule has 0 aliphatic rings. The molecule has 0 radical (unpaired) electrons. The van der Waals surface area contributed by atoms with Crippen LogP contribution in [-0.2, 0) is 0 Å². The lowest BCUT2D eigenvalue weighted by molar-refractivity contribution is 0.108. The molecule has 0 saturated carbocycles. The number of hydrogen-bond acceptors (Lipinski definition) is 4. The zero-order valence-corrected chi connectivity index (χ0v) is 9.74. The summed E-state index contributed by atoms with van der Waals surface area (Å²) in [6.45, 7) is 2.13. The summed E-state index contributed by atoms with van der Waals surface area (Å²) < 4.78 is 0. The van der Waals surface area contributed by atoms with Crippen molar-refractivity contribution in [1.82, 2.24) is 4.98 Å². The Morgan fingerprint density at radius 2 is 2.07 bits per heavy atom. The van der Waals surface area contributed by atoms with E-state index in [2.05, 4.69) is 11.9 Å². The maximum absolute atomic E-state index is 11.5. The fourth-order valence-electron chi connectivity index (χ4n) is 0.909. The van der Waals surface area contributed by atoms with Crippen LogP contribution in [0.1, 0.15) is 17.3 Å². The molecule has 0 fully saturated rings. The lowest BCUT2D eigenvalue weighted by Gasteiger charge is -1.99. The third-order valence-corrected chi connectivity index (χ3v) is 3.65. The van der Waals surface area contributed by atoms with Crippen molar-refractivity contribution in [3.8, 4) is 0 Å². The maximum Gasteiger partial charge on any atom is 0.219 e. The number of rotatable bonds is 5. The molecule has 0 spiro atoms. The van der Waals surface area contributed by atoms with Crippen LogP contribution < -0.4 is 0 Å². The molecular formula is C10H13NOS2. The van der Waals surface area contributed by atoms with E-state index in [1.807, 2.05) is 11.8 Å². The zero-order chi connectivity index (χ0) is 10.2. The first-order valence-corrected chi connectivity index (χ1v) is 6.63. The van der Waals surface area contributed by atoms with Gasteiger partial charge < -0.3 is 0 Å². The highest BCUT2D eigenvalue weighted by Crippen LogP contribution is 2.13. The van der Waals surface area contributed by atoms with Gasteiger partial charge >= 0.3 is 0 Å². The largest absolute Gasteiger partial charge is 0.282 e. The van der Waals surface area contributed by atoms with E-state index in [4.69, 9.17) is 0 Å². The minimum absolute atomic E-state index is 0.143. The molecular weight excluding hydrogens is 214 g/mol. The monoisotopic (exact) mass is 227 g/mol. The SMILES string of the molecule is CCSCCSC(=O)c1ccncc1. The van der Waals surface area contributed by atoms with Gasteiger partial charge in [0.1, 0.15) is 0 Å². The predicted octanol–water partition coefficient (Wildman–Crippen LogP) is 2.71. The Labute approximate surface area is 92.9 Å². The second-order valence-electron chi connectivity index (χ2n) is 2.57. The number of nitrogens with zero attached hydrogens (tertiary/aromatic N) is 1. The number of hydrogen-bond donors (Lipinski definition) is 0. The second-order valence-corrected chi connectivity index (χ2v) is 5.03. The summed E-state index contributed by atoms with van der Waals surface area (Å²) in [7, 11) is 0. The average molecular weight is 227 g/mol. The van der Waals surface area contributed by atoms with Gasteiger partial charge in [0, 0.05) is 29.5 Å². The van der Waals surface area contributed by atoms with Crippen LogP contribution in [0.2, 0.25) is 0 Å². The molecule has 0 aromatic carbocycles. The smallest absolute Gasteiger partial charge is 0.219 e. The second kappa shape index (κ2) is 6.90. The van der Waals surface area contributed by atoms with Gasteiger partial charge in [0.2, 0.25) is 5.12 Å². The van der Waals surface area contributed by atoms with Crippen LogP contribution in [0, 0.1) is 0 Å². The Kier molecular flexibility index (Phi) is 5.71. The molecule has 0 saturated heterocycles. The topological polar surface area (TPSA) is 30.0 Å². The van der Waals surface area contributed by atoms with Gasteiger partial charge in [0.05, 0.1) is 0 Å². The summed E-state index contributed by atoms with van der Waals surface area (Å²) >= 11 is 3.24. The van der Waals surface area contributed by atoms with E-state index in [1.54, 1.807) is 24.5 Å². The molecule has 0 amide bonds. The Bertz CT molecular complexity index is 277. The molecule has 76 valence electrons. The van der Waals surface area contributed by atoms with Crippen molar-refractivity contribution in [2.45, 2.75) is 6.92 Å². The minimum Gasteiger partial charge on any atom is -0.282 e. The van der Waals surface area contributed by atoms with Crippen LogP contribution >= 0.6 is 23.5 Å². The molecule has 1 rings (SSSR count). The highest BCUT2D eigenvalue weighted by molar-refractivity contribution is 8.14. The Morgan fingerprint density at radius 1 is 1.36 bits per heavy atom. The van der Waals surface area contributed by atoms with Crippen molar-refractivity contribution in [1.29, 1.82) is 0 Å². The van der Waals surface area contributed by atoms with Crippen LogP contribution in [0.5, 0.6) is 0 Å². The number of carbonyl (C=O) groups excluding carboxylic acids is 1.